The zero-order chi connectivity index (χ0) is 16.3. The first-order chi connectivity index (χ1) is 11.0. The van der Waals surface area contributed by atoms with Gasteiger partial charge in [-0.15, -0.1) is 0 Å². The molecule has 0 unspecified atom stereocenters. The normalized spacial score (nSPS) is 14.7. The van der Waals surface area contributed by atoms with Gasteiger partial charge in [-0.1, -0.05) is 36.4 Å². The fourth-order valence-corrected chi connectivity index (χ4v) is 3.76. The maximum Gasteiger partial charge on any atom is 0.147 e. The minimum absolute atomic E-state index is 0.208. The third kappa shape index (κ3) is 4.58. The van der Waals surface area contributed by atoms with Crippen molar-refractivity contribution in [2.45, 2.75) is 19.3 Å². The van der Waals surface area contributed by atoms with E-state index in [1.807, 2.05) is 24.3 Å². The van der Waals surface area contributed by atoms with Gasteiger partial charge in [0, 0.05) is 18.5 Å². The second-order valence-corrected chi connectivity index (χ2v) is 8.76. The molecule has 0 heterocycles. The molecule has 0 fully saturated rings. The lowest BCUT2D eigenvalue weighted by molar-refractivity contribution is 0.593. The smallest absolute Gasteiger partial charge is 0.147 e. The van der Waals surface area contributed by atoms with Crippen molar-refractivity contribution in [3.05, 3.63) is 65.2 Å². The summed E-state index contributed by atoms with van der Waals surface area (Å²) in [6.45, 7) is 0.970. The van der Waals surface area contributed by atoms with Crippen LogP contribution in [0, 0.1) is 5.92 Å². The van der Waals surface area contributed by atoms with Gasteiger partial charge >= 0.3 is 0 Å². The summed E-state index contributed by atoms with van der Waals surface area (Å²) in [7, 11) is -2.90. The fourth-order valence-electron chi connectivity index (χ4n) is 3.15. The predicted octanol–water partition coefficient (Wildman–Crippen LogP) is 3.10. The van der Waals surface area contributed by atoms with Gasteiger partial charge in [-0.2, -0.15) is 0 Å². The van der Waals surface area contributed by atoms with Crippen molar-refractivity contribution in [3.63, 3.8) is 0 Å². The molecule has 0 saturated heterocycles. The first-order valence-electron chi connectivity index (χ1n) is 8.07. The largest absolute Gasteiger partial charge is 0.385 e. The second-order valence-electron chi connectivity index (χ2n) is 6.50. The van der Waals surface area contributed by atoms with Crippen LogP contribution in [-0.2, 0) is 29.1 Å². The molecule has 0 aromatic heterocycles. The molecule has 122 valence electrons. The highest BCUT2D eigenvalue weighted by molar-refractivity contribution is 7.90. The van der Waals surface area contributed by atoms with Crippen molar-refractivity contribution in [2.75, 3.05) is 23.9 Å². The molecular formula is C19H23NO2S. The fraction of sp³-hybridized carbons (Fsp3) is 0.368. The van der Waals surface area contributed by atoms with Gasteiger partial charge in [0.25, 0.3) is 0 Å². The molecule has 23 heavy (non-hydrogen) atoms. The van der Waals surface area contributed by atoms with Crippen LogP contribution >= 0.6 is 0 Å². The van der Waals surface area contributed by atoms with E-state index in [0.29, 0.717) is 12.3 Å². The number of rotatable bonds is 6. The molecule has 4 heteroatoms. The summed E-state index contributed by atoms with van der Waals surface area (Å²) in [6.07, 6.45) is 4.16. The molecule has 1 aliphatic rings. The monoisotopic (exact) mass is 329 g/mol. The van der Waals surface area contributed by atoms with Gasteiger partial charge in [0.05, 0.1) is 5.75 Å². The molecule has 2 aromatic rings. The van der Waals surface area contributed by atoms with Crippen LogP contribution < -0.4 is 5.32 Å². The van der Waals surface area contributed by atoms with Crippen LogP contribution in [0.4, 0.5) is 5.69 Å². The lowest BCUT2D eigenvalue weighted by Gasteiger charge is -2.12. The van der Waals surface area contributed by atoms with Crippen LogP contribution in [0.5, 0.6) is 0 Å². The van der Waals surface area contributed by atoms with Crippen molar-refractivity contribution >= 4 is 15.5 Å². The molecule has 0 aliphatic heterocycles. The van der Waals surface area contributed by atoms with Crippen molar-refractivity contribution in [1.82, 2.24) is 0 Å². The third-order valence-corrected chi connectivity index (χ3v) is 5.39. The Morgan fingerprint density at radius 2 is 1.61 bits per heavy atom. The Morgan fingerprint density at radius 3 is 2.17 bits per heavy atom. The standard InChI is InChI=1S/C19H23NO2S/c1-23(21,22)11-10-15-6-8-19(9-7-15)20-14-16-12-17-4-2-3-5-18(17)13-16/h2-9,16,20H,10-14H2,1H3. The Labute approximate surface area is 138 Å². The molecule has 3 nitrogen and oxygen atoms in total. The van der Waals surface area contributed by atoms with Crippen LogP contribution in [0.1, 0.15) is 16.7 Å². The molecule has 1 N–H and O–H groups in total. The van der Waals surface area contributed by atoms with Gasteiger partial charge in [-0.05, 0) is 54.0 Å². The van der Waals surface area contributed by atoms with E-state index in [4.69, 9.17) is 0 Å². The molecule has 0 saturated carbocycles. The SMILES string of the molecule is CS(=O)(=O)CCc1ccc(NCC2Cc3ccccc3C2)cc1. The molecular weight excluding hydrogens is 306 g/mol. The van der Waals surface area contributed by atoms with Gasteiger partial charge in [0.1, 0.15) is 9.84 Å². The Balaban J connectivity index is 1.50. The van der Waals surface area contributed by atoms with E-state index in [-0.39, 0.29) is 5.75 Å². The number of hydrogen-bond donors (Lipinski definition) is 1. The van der Waals surface area contributed by atoms with E-state index in [9.17, 15) is 8.42 Å². The van der Waals surface area contributed by atoms with E-state index in [2.05, 4.69) is 29.6 Å². The van der Waals surface area contributed by atoms with E-state index >= 15 is 0 Å². The molecule has 0 spiro atoms. The van der Waals surface area contributed by atoms with Gasteiger partial charge in [-0.3, -0.25) is 0 Å². The zero-order valence-corrected chi connectivity index (χ0v) is 14.3. The number of hydrogen-bond acceptors (Lipinski definition) is 3. The van der Waals surface area contributed by atoms with Crippen molar-refractivity contribution < 1.29 is 8.42 Å². The maximum absolute atomic E-state index is 11.2. The van der Waals surface area contributed by atoms with Gasteiger partial charge in [0.2, 0.25) is 0 Å². The first kappa shape index (κ1) is 16.1. The highest BCUT2D eigenvalue weighted by Gasteiger charge is 2.20. The van der Waals surface area contributed by atoms with E-state index < -0.39 is 9.84 Å². The summed E-state index contributed by atoms with van der Waals surface area (Å²) in [5.41, 5.74) is 5.13. The Morgan fingerprint density at radius 1 is 1.00 bits per heavy atom. The number of aryl methyl sites for hydroxylation is 1. The second kappa shape index (κ2) is 6.75. The topological polar surface area (TPSA) is 46.2 Å². The van der Waals surface area contributed by atoms with Crippen LogP contribution in [0.2, 0.25) is 0 Å². The molecule has 3 rings (SSSR count). The Kier molecular flexibility index (Phi) is 4.71. The van der Waals surface area contributed by atoms with Crippen molar-refractivity contribution in [3.8, 4) is 0 Å². The summed E-state index contributed by atoms with van der Waals surface area (Å²) in [5, 5.41) is 3.50. The number of fused-ring (bicyclic) bond motifs is 1. The van der Waals surface area contributed by atoms with Crippen LogP contribution in [0.3, 0.4) is 0 Å². The number of anilines is 1. The molecule has 1 aliphatic carbocycles. The Bertz CT molecular complexity index is 741. The molecule has 0 atom stereocenters. The number of benzene rings is 2. The molecule has 2 aromatic carbocycles. The Hall–Kier alpha value is -1.81. The lowest BCUT2D eigenvalue weighted by Crippen LogP contribution is -2.14. The van der Waals surface area contributed by atoms with Gasteiger partial charge in [0.15, 0.2) is 0 Å². The van der Waals surface area contributed by atoms with Crippen LogP contribution in [0.25, 0.3) is 0 Å². The number of sulfone groups is 1. The van der Waals surface area contributed by atoms with E-state index in [0.717, 1.165) is 30.6 Å². The molecule has 0 radical (unpaired) electrons. The van der Waals surface area contributed by atoms with Gasteiger partial charge < -0.3 is 5.32 Å². The summed E-state index contributed by atoms with van der Waals surface area (Å²) >= 11 is 0. The van der Waals surface area contributed by atoms with Crippen molar-refractivity contribution in [1.29, 1.82) is 0 Å². The highest BCUT2D eigenvalue weighted by atomic mass is 32.2. The zero-order valence-electron chi connectivity index (χ0n) is 13.5. The van der Waals surface area contributed by atoms with Gasteiger partial charge in [-0.25, -0.2) is 8.42 Å². The minimum atomic E-state index is -2.90. The minimum Gasteiger partial charge on any atom is -0.385 e. The summed E-state index contributed by atoms with van der Waals surface area (Å²) in [4.78, 5) is 0. The molecule has 0 amide bonds. The van der Waals surface area contributed by atoms with Crippen LogP contribution in [-0.4, -0.2) is 27.0 Å². The number of nitrogens with one attached hydrogen (secondary N) is 1. The summed E-state index contributed by atoms with van der Waals surface area (Å²) < 4.78 is 22.4. The van der Waals surface area contributed by atoms with Crippen molar-refractivity contribution in [2.24, 2.45) is 5.92 Å². The molecule has 0 bridgehead atoms. The highest BCUT2D eigenvalue weighted by Crippen LogP contribution is 2.26. The average molecular weight is 329 g/mol. The van der Waals surface area contributed by atoms with E-state index in [1.165, 1.54) is 17.4 Å². The summed E-state index contributed by atoms with van der Waals surface area (Å²) in [5.74, 6) is 0.859. The first-order valence-corrected chi connectivity index (χ1v) is 10.1. The maximum atomic E-state index is 11.2. The average Bonchev–Trinajstić information content (AvgIpc) is 2.94. The third-order valence-electron chi connectivity index (χ3n) is 4.45. The quantitative estimate of drug-likeness (QED) is 0.886. The van der Waals surface area contributed by atoms with Crippen LogP contribution in [0.15, 0.2) is 48.5 Å². The predicted molar refractivity (Wildman–Crippen MR) is 95.7 cm³/mol. The summed E-state index contributed by atoms with van der Waals surface area (Å²) in [6, 6.07) is 16.8. The van der Waals surface area contributed by atoms with E-state index in [1.54, 1.807) is 0 Å². The lowest BCUT2D eigenvalue weighted by atomic mass is 10.1.